The van der Waals surface area contributed by atoms with Crippen LogP contribution in [0.4, 0.5) is 0 Å². The highest BCUT2D eigenvalue weighted by atomic mass is 13.9. The summed E-state index contributed by atoms with van der Waals surface area (Å²) in [5.41, 5.74) is 0. The zero-order valence-electron chi connectivity index (χ0n) is 9.23. The molecule has 0 spiro atoms. The molecule has 0 nitrogen and oxygen atoms in total. The van der Waals surface area contributed by atoms with E-state index in [-0.39, 0.29) is 6.40 Å². The van der Waals surface area contributed by atoms with Crippen LogP contribution in [0.3, 0.4) is 0 Å². The van der Waals surface area contributed by atoms with Crippen LogP contribution in [0.25, 0.3) is 0 Å². The van der Waals surface area contributed by atoms with Gasteiger partial charge in [-0.05, 0) is 0 Å². The predicted molar refractivity (Wildman–Crippen MR) is 52.9 cm³/mol. The van der Waals surface area contributed by atoms with Gasteiger partial charge in [0, 0.05) is 1.37 Å². The molecular weight excluding hydrogens is 132 g/mol. The third kappa shape index (κ3) is 10.0. The Morgan fingerprint density at radius 3 is 1.82 bits per heavy atom. The van der Waals surface area contributed by atoms with Gasteiger partial charge in [0.25, 0.3) is 0 Å². The molecule has 11 heavy (non-hydrogen) atoms. The van der Waals surface area contributed by atoms with Crippen molar-refractivity contribution in [1.82, 2.24) is 0 Å². The average Bonchev–Trinajstić information content (AvgIpc) is 2.10. The van der Waals surface area contributed by atoms with Crippen molar-refractivity contribution in [2.45, 2.75) is 71.6 Å². The van der Waals surface area contributed by atoms with Crippen LogP contribution >= 0.6 is 0 Å². The maximum atomic E-state index is 7.54. The molecule has 0 aliphatic carbocycles. The lowest BCUT2D eigenvalue weighted by atomic mass is 10.1. The molecule has 0 aliphatic rings. The van der Waals surface area contributed by atoms with Crippen LogP contribution in [0, 0.1) is 0 Å². The molecule has 0 amide bonds. The quantitative estimate of drug-likeness (QED) is 0.454. The molecule has 0 heteroatoms. The fraction of sp³-hybridized carbons (Fsp3) is 1.00. The highest BCUT2D eigenvalue weighted by Crippen LogP contribution is 2.08. The summed E-state index contributed by atoms with van der Waals surface area (Å²) in [6.07, 6.45) is 10.4. The van der Waals surface area contributed by atoms with Gasteiger partial charge < -0.3 is 0 Å². The third-order valence-corrected chi connectivity index (χ3v) is 2.05. The van der Waals surface area contributed by atoms with Gasteiger partial charge in [0.1, 0.15) is 0 Å². The van der Waals surface area contributed by atoms with Crippen LogP contribution in [-0.4, -0.2) is 0 Å². The van der Waals surface area contributed by atoms with Gasteiger partial charge in [0.2, 0.25) is 0 Å². The second kappa shape index (κ2) is 10.0. The van der Waals surface area contributed by atoms with Gasteiger partial charge >= 0.3 is 0 Å². The Bertz CT molecular complexity index is 81.1. The molecule has 0 bridgehead atoms. The Morgan fingerprint density at radius 2 is 1.27 bits per heavy atom. The first-order valence-electron chi connectivity index (χ1n) is 5.81. The molecule has 0 fully saturated rings. The average molecular weight is 157 g/mol. The Morgan fingerprint density at radius 1 is 0.727 bits per heavy atom. The van der Waals surface area contributed by atoms with Crippen molar-refractivity contribution in [1.29, 1.82) is 0 Å². The van der Waals surface area contributed by atoms with Gasteiger partial charge in [-0.3, -0.25) is 0 Å². The molecule has 0 rings (SSSR count). The van der Waals surface area contributed by atoms with Crippen molar-refractivity contribution < 1.29 is 1.37 Å². The van der Waals surface area contributed by atoms with Gasteiger partial charge in [-0.25, -0.2) is 0 Å². The second-order valence-corrected chi connectivity index (χ2v) is 3.25. The summed E-state index contributed by atoms with van der Waals surface area (Å²) in [4.78, 5) is 0. The Balaban J connectivity index is 2.90. The SMILES string of the molecule is [2H]C(CC)CCCCCCCC. The molecule has 68 valence electrons. The van der Waals surface area contributed by atoms with E-state index in [1.807, 2.05) is 0 Å². The summed E-state index contributed by atoms with van der Waals surface area (Å²) >= 11 is 0. The number of rotatable bonds is 8. The minimum Gasteiger partial charge on any atom is -0.0654 e. The highest BCUT2D eigenvalue weighted by Gasteiger charge is 1.88. The highest BCUT2D eigenvalue weighted by molar-refractivity contribution is 4.44. The zero-order valence-corrected chi connectivity index (χ0v) is 8.23. The van der Waals surface area contributed by atoms with Crippen molar-refractivity contribution >= 4 is 0 Å². The maximum Gasteiger partial charge on any atom is 0.0266 e. The molecule has 1 atom stereocenters. The predicted octanol–water partition coefficient (Wildman–Crippen LogP) is 4.54. The van der Waals surface area contributed by atoms with Crippen molar-refractivity contribution in [3.8, 4) is 0 Å². The minimum absolute atomic E-state index is 0.205. The van der Waals surface area contributed by atoms with Crippen LogP contribution in [0.2, 0.25) is 0 Å². The Hall–Kier alpha value is 0. The number of hydrogen-bond acceptors (Lipinski definition) is 0. The fourth-order valence-electron chi connectivity index (χ4n) is 1.27. The van der Waals surface area contributed by atoms with Gasteiger partial charge in [0.15, 0.2) is 0 Å². The van der Waals surface area contributed by atoms with E-state index in [1.54, 1.807) is 0 Å². The standard InChI is InChI=1S/C11H24/c1-3-5-7-9-11-10-8-6-4-2/h3-11H2,1-2H3/i5D. The first-order chi connectivity index (χ1) is 5.81. The Kier molecular flexibility index (Phi) is 8.26. The first kappa shape index (κ1) is 9.09. The number of hydrogen-bond donors (Lipinski definition) is 0. The topological polar surface area (TPSA) is 0 Å². The van der Waals surface area contributed by atoms with Gasteiger partial charge in [0.05, 0.1) is 0 Å². The van der Waals surface area contributed by atoms with E-state index in [9.17, 15) is 0 Å². The maximum absolute atomic E-state index is 7.54. The van der Waals surface area contributed by atoms with Crippen LogP contribution < -0.4 is 0 Å². The first-order valence-corrected chi connectivity index (χ1v) is 5.23. The summed E-state index contributed by atoms with van der Waals surface area (Å²) < 4.78 is 7.54. The van der Waals surface area contributed by atoms with Crippen LogP contribution in [-0.2, 0) is 0 Å². The van der Waals surface area contributed by atoms with E-state index in [2.05, 4.69) is 13.8 Å². The normalized spacial score (nSPS) is 14.5. The monoisotopic (exact) mass is 157 g/mol. The van der Waals surface area contributed by atoms with E-state index in [0.717, 1.165) is 12.8 Å². The van der Waals surface area contributed by atoms with Crippen LogP contribution in [0.1, 0.15) is 73.0 Å². The zero-order chi connectivity index (χ0) is 9.23. The summed E-state index contributed by atoms with van der Waals surface area (Å²) in [6.45, 7) is 4.35. The molecule has 1 unspecified atom stereocenters. The van der Waals surface area contributed by atoms with E-state index < -0.39 is 0 Å². The summed E-state index contributed by atoms with van der Waals surface area (Å²) in [5.74, 6) is 0. The van der Waals surface area contributed by atoms with E-state index in [0.29, 0.717) is 0 Å². The number of unbranched alkanes of at least 4 members (excludes halogenated alkanes) is 5. The lowest BCUT2D eigenvalue weighted by Gasteiger charge is -1.98. The molecule has 0 N–H and O–H groups in total. The van der Waals surface area contributed by atoms with Crippen molar-refractivity contribution in [3.05, 3.63) is 0 Å². The molecular formula is C11H24. The summed E-state index contributed by atoms with van der Waals surface area (Å²) in [6, 6.07) is 0. The van der Waals surface area contributed by atoms with Crippen molar-refractivity contribution in [3.63, 3.8) is 0 Å². The third-order valence-electron chi connectivity index (χ3n) is 2.05. The minimum atomic E-state index is 0.205. The van der Waals surface area contributed by atoms with E-state index in [1.165, 1.54) is 38.5 Å². The molecule has 0 radical (unpaired) electrons. The van der Waals surface area contributed by atoms with Crippen LogP contribution in [0.5, 0.6) is 0 Å². The molecule has 0 saturated carbocycles. The lowest BCUT2D eigenvalue weighted by molar-refractivity contribution is 0.572. The molecule has 0 aliphatic heterocycles. The van der Waals surface area contributed by atoms with Gasteiger partial charge in [-0.1, -0.05) is 71.6 Å². The summed E-state index contributed by atoms with van der Waals surface area (Å²) in [7, 11) is 0. The molecule has 0 heterocycles. The largest absolute Gasteiger partial charge is 0.0654 e. The van der Waals surface area contributed by atoms with E-state index in [4.69, 9.17) is 1.37 Å². The van der Waals surface area contributed by atoms with Crippen LogP contribution in [0.15, 0.2) is 0 Å². The molecule has 0 aromatic rings. The second-order valence-electron chi connectivity index (χ2n) is 3.25. The van der Waals surface area contributed by atoms with Crippen molar-refractivity contribution in [2.75, 3.05) is 0 Å². The smallest absolute Gasteiger partial charge is 0.0266 e. The fourth-order valence-corrected chi connectivity index (χ4v) is 1.27. The van der Waals surface area contributed by atoms with Gasteiger partial charge in [-0.15, -0.1) is 0 Å². The summed E-state index contributed by atoms with van der Waals surface area (Å²) in [5, 5.41) is 0. The molecule has 0 saturated heterocycles. The van der Waals surface area contributed by atoms with E-state index >= 15 is 0 Å². The van der Waals surface area contributed by atoms with Crippen molar-refractivity contribution in [2.24, 2.45) is 0 Å². The molecule has 0 aromatic heterocycles. The lowest BCUT2D eigenvalue weighted by Crippen LogP contribution is -1.79. The van der Waals surface area contributed by atoms with Gasteiger partial charge in [-0.2, -0.15) is 0 Å². The Labute approximate surface area is 73.8 Å². The molecule has 0 aromatic carbocycles.